The molecule has 0 saturated carbocycles. The van der Waals surface area contributed by atoms with Gasteiger partial charge in [0.25, 0.3) is 5.91 Å². The van der Waals surface area contributed by atoms with E-state index in [1.807, 2.05) is 19.1 Å². The van der Waals surface area contributed by atoms with Crippen molar-refractivity contribution < 1.29 is 14.4 Å². The van der Waals surface area contributed by atoms with Crippen molar-refractivity contribution in [3.63, 3.8) is 0 Å². The van der Waals surface area contributed by atoms with Crippen LogP contribution in [0.15, 0.2) is 24.3 Å². The summed E-state index contributed by atoms with van der Waals surface area (Å²) in [7, 11) is 0. The van der Waals surface area contributed by atoms with Crippen molar-refractivity contribution >= 4 is 17.8 Å². The van der Waals surface area contributed by atoms with Crippen LogP contribution in [0.3, 0.4) is 0 Å². The maximum atomic E-state index is 12.2. The second-order valence-corrected chi connectivity index (χ2v) is 7.58. The first-order valence-electron chi connectivity index (χ1n) is 8.62. The monoisotopic (exact) mass is 345 g/mol. The van der Waals surface area contributed by atoms with E-state index in [1.165, 1.54) is 5.56 Å². The van der Waals surface area contributed by atoms with E-state index in [1.54, 1.807) is 13.8 Å². The summed E-state index contributed by atoms with van der Waals surface area (Å²) in [4.78, 5) is 37.1. The summed E-state index contributed by atoms with van der Waals surface area (Å²) < 4.78 is 0. The zero-order chi connectivity index (χ0) is 18.8. The van der Waals surface area contributed by atoms with Crippen LogP contribution in [0.25, 0.3) is 0 Å². The van der Waals surface area contributed by atoms with Crippen molar-refractivity contribution in [3.8, 4) is 0 Å². The number of carbonyl (C=O) groups excluding carboxylic acids is 3. The largest absolute Gasteiger partial charge is 0.348 e. The highest BCUT2D eigenvalue weighted by Gasteiger charge is 2.44. The smallest absolute Gasteiger partial charge is 0.325 e. The predicted molar refractivity (Wildman–Crippen MR) is 95.9 cm³/mol. The highest BCUT2D eigenvalue weighted by atomic mass is 16.2. The molecule has 2 rings (SSSR count). The first-order valence-corrected chi connectivity index (χ1v) is 8.62. The van der Waals surface area contributed by atoms with E-state index in [0.717, 1.165) is 16.9 Å². The van der Waals surface area contributed by atoms with Crippen LogP contribution in [0.4, 0.5) is 4.79 Å². The average molecular weight is 345 g/mol. The number of rotatable bonds is 6. The molecule has 1 aliphatic heterocycles. The summed E-state index contributed by atoms with van der Waals surface area (Å²) in [5.74, 6) is -0.158. The quantitative estimate of drug-likeness (QED) is 0.777. The zero-order valence-electron chi connectivity index (χ0n) is 15.6. The number of nitrogens with zero attached hydrogens (tertiary/aromatic N) is 1. The van der Waals surface area contributed by atoms with Gasteiger partial charge in [-0.3, -0.25) is 14.5 Å². The number of benzene rings is 1. The van der Waals surface area contributed by atoms with Gasteiger partial charge in [0.05, 0.1) is 6.04 Å². The average Bonchev–Trinajstić information content (AvgIpc) is 2.69. The Morgan fingerprint density at radius 2 is 1.76 bits per heavy atom. The number of amides is 4. The minimum atomic E-state index is -0.963. The highest BCUT2D eigenvalue weighted by molar-refractivity contribution is 6.08. The topological polar surface area (TPSA) is 78.5 Å². The second-order valence-electron chi connectivity index (χ2n) is 7.58. The van der Waals surface area contributed by atoms with Crippen LogP contribution >= 0.6 is 0 Å². The number of imide groups is 1. The molecular weight excluding hydrogens is 318 g/mol. The van der Waals surface area contributed by atoms with Crippen LogP contribution in [0.1, 0.15) is 51.8 Å². The maximum absolute atomic E-state index is 12.2. The summed E-state index contributed by atoms with van der Waals surface area (Å²) in [5, 5.41) is 5.40. The van der Waals surface area contributed by atoms with Crippen LogP contribution in [0, 0.1) is 5.92 Å². The van der Waals surface area contributed by atoms with Gasteiger partial charge in [-0.15, -0.1) is 0 Å². The van der Waals surface area contributed by atoms with Gasteiger partial charge in [-0.1, -0.05) is 38.1 Å². The van der Waals surface area contributed by atoms with E-state index in [9.17, 15) is 14.4 Å². The minimum absolute atomic E-state index is 0.200. The molecule has 1 atom stereocenters. The molecule has 1 saturated heterocycles. The van der Waals surface area contributed by atoms with Gasteiger partial charge >= 0.3 is 6.03 Å². The van der Waals surface area contributed by atoms with Crippen molar-refractivity contribution in [1.82, 2.24) is 15.5 Å². The lowest BCUT2D eigenvalue weighted by Crippen LogP contribution is -2.43. The molecule has 1 heterocycles. The van der Waals surface area contributed by atoms with Gasteiger partial charge in [0.1, 0.15) is 12.1 Å². The van der Waals surface area contributed by atoms with Crippen LogP contribution < -0.4 is 10.6 Å². The van der Waals surface area contributed by atoms with Crippen LogP contribution in [-0.4, -0.2) is 34.8 Å². The minimum Gasteiger partial charge on any atom is -0.348 e. The normalized spacial score (nSPS) is 17.6. The van der Waals surface area contributed by atoms with Gasteiger partial charge in [0, 0.05) is 0 Å². The molecule has 0 unspecified atom stereocenters. The van der Waals surface area contributed by atoms with Gasteiger partial charge in [-0.2, -0.15) is 0 Å². The Morgan fingerprint density at radius 1 is 1.16 bits per heavy atom. The van der Waals surface area contributed by atoms with Gasteiger partial charge in [-0.25, -0.2) is 4.79 Å². The molecule has 0 aliphatic carbocycles. The van der Waals surface area contributed by atoms with Gasteiger partial charge in [-0.05, 0) is 44.2 Å². The molecule has 136 valence electrons. The molecule has 6 heteroatoms. The molecule has 0 radical (unpaired) electrons. The highest BCUT2D eigenvalue weighted by Crippen LogP contribution is 2.18. The Hall–Kier alpha value is -2.37. The first-order chi connectivity index (χ1) is 11.6. The van der Waals surface area contributed by atoms with Crippen molar-refractivity contribution in [2.24, 2.45) is 5.92 Å². The lowest BCUT2D eigenvalue weighted by molar-refractivity contribution is -0.134. The fourth-order valence-corrected chi connectivity index (χ4v) is 2.89. The predicted octanol–water partition coefficient (Wildman–Crippen LogP) is 2.39. The fourth-order valence-electron chi connectivity index (χ4n) is 2.89. The van der Waals surface area contributed by atoms with Crippen LogP contribution in [-0.2, 0) is 16.0 Å². The molecule has 1 aromatic carbocycles. The van der Waals surface area contributed by atoms with Gasteiger partial charge in [0.2, 0.25) is 5.91 Å². The van der Waals surface area contributed by atoms with E-state index in [2.05, 4.69) is 36.6 Å². The number of urea groups is 1. The first kappa shape index (κ1) is 19.0. The van der Waals surface area contributed by atoms with Crippen molar-refractivity contribution in [2.45, 2.75) is 52.6 Å². The molecular formula is C19H27N3O3. The summed E-state index contributed by atoms with van der Waals surface area (Å²) in [6, 6.07) is 7.40. The summed E-state index contributed by atoms with van der Waals surface area (Å²) in [6.07, 6.45) is 1.02. The summed E-state index contributed by atoms with van der Waals surface area (Å²) >= 11 is 0. The molecule has 1 aliphatic rings. The van der Waals surface area contributed by atoms with E-state index >= 15 is 0 Å². The van der Waals surface area contributed by atoms with Crippen LogP contribution in [0.2, 0.25) is 0 Å². The SMILES string of the molecule is CC(C)Cc1ccc([C@H](C)NC(=O)CN2C(=O)NC(C)(C)C2=O)cc1. The molecule has 6 nitrogen and oxygen atoms in total. The van der Waals surface area contributed by atoms with E-state index in [-0.39, 0.29) is 18.5 Å². The van der Waals surface area contributed by atoms with E-state index in [4.69, 9.17) is 0 Å². The maximum Gasteiger partial charge on any atom is 0.325 e. The van der Waals surface area contributed by atoms with Gasteiger partial charge < -0.3 is 10.6 Å². The number of nitrogens with one attached hydrogen (secondary N) is 2. The Balaban J connectivity index is 1.94. The van der Waals surface area contributed by atoms with Crippen molar-refractivity contribution in [3.05, 3.63) is 35.4 Å². The molecule has 0 bridgehead atoms. The summed E-state index contributed by atoms with van der Waals surface area (Å²) in [6.45, 7) is 9.19. The lowest BCUT2D eigenvalue weighted by Gasteiger charge is -2.18. The van der Waals surface area contributed by atoms with E-state index < -0.39 is 17.5 Å². The van der Waals surface area contributed by atoms with E-state index in [0.29, 0.717) is 5.92 Å². The molecule has 0 spiro atoms. The third-order valence-electron chi connectivity index (χ3n) is 4.25. The second kappa shape index (κ2) is 7.25. The molecule has 0 aromatic heterocycles. The third kappa shape index (κ3) is 4.59. The molecule has 25 heavy (non-hydrogen) atoms. The molecule has 1 aromatic rings. The number of carbonyl (C=O) groups is 3. The standard InChI is InChI=1S/C19H27N3O3/c1-12(2)10-14-6-8-15(9-7-14)13(3)20-16(23)11-22-17(24)19(4,5)21-18(22)25/h6-9,12-13H,10-11H2,1-5H3,(H,20,23)(H,21,25)/t13-/m0/s1. The molecule has 1 fully saturated rings. The van der Waals surface area contributed by atoms with Gasteiger partial charge in [0.15, 0.2) is 0 Å². The summed E-state index contributed by atoms with van der Waals surface area (Å²) in [5.41, 5.74) is 1.28. The van der Waals surface area contributed by atoms with Crippen molar-refractivity contribution in [1.29, 1.82) is 0 Å². The zero-order valence-corrected chi connectivity index (χ0v) is 15.6. The molecule has 4 amide bonds. The Bertz CT molecular complexity index is 665. The number of hydrogen-bond donors (Lipinski definition) is 2. The van der Waals surface area contributed by atoms with Crippen LogP contribution in [0.5, 0.6) is 0 Å². The Labute approximate surface area is 149 Å². The van der Waals surface area contributed by atoms with Crippen molar-refractivity contribution in [2.75, 3.05) is 6.54 Å². The Morgan fingerprint density at radius 3 is 2.24 bits per heavy atom. The molecule has 2 N–H and O–H groups in total. The lowest BCUT2D eigenvalue weighted by atomic mass is 10.00. The Kier molecular flexibility index (Phi) is 5.50. The fraction of sp³-hybridized carbons (Fsp3) is 0.526. The third-order valence-corrected chi connectivity index (χ3v) is 4.25. The number of hydrogen-bond acceptors (Lipinski definition) is 3.